The van der Waals surface area contributed by atoms with E-state index in [4.69, 9.17) is 4.74 Å². The molecule has 23 heavy (non-hydrogen) atoms. The number of nitrogens with one attached hydrogen (secondary N) is 1. The summed E-state index contributed by atoms with van der Waals surface area (Å²) < 4.78 is 4.72. The lowest BCUT2D eigenvalue weighted by molar-refractivity contribution is -0.117. The monoisotopic (exact) mass is 318 g/mol. The molecule has 0 saturated heterocycles. The Hall–Kier alpha value is -1.88. The van der Waals surface area contributed by atoms with Crippen LogP contribution in [-0.2, 0) is 9.53 Å². The van der Waals surface area contributed by atoms with Gasteiger partial charge < -0.3 is 10.1 Å². The molecule has 0 spiro atoms. The summed E-state index contributed by atoms with van der Waals surface area (Å²) in [6.07, 6.45) is 6.13. The van der Waals surface area contributed by atoms with Gasteiger partial charge in [0.1, 0.15) is 0 Å². The predicted molar refractivity (Wildman–Crippen MR) is 90.7 cm³/mol. The molecule has 126 valence electrons. The van der Waals surface area contributed by atoms with Crippen molar-refractivity contribution in [2.75, 3.05) is 26.0 Å². The van der Waals surface area contributed by atoms with Crippen molar-refractivity contribution in [2.45, 2.75) is 45.1 Å². The molecule has 1 aliphatic rings. The highest BCUT2D eigenvalue weighted by molar-refractivity contribution is 5.96. The maximum Gasteiger partial charge on any atom is 0.337 e. The molecule has 0 radical (unpaired) electrons. The van der Waals surface area contributed by atoms with Crippen LogP contribution in [0.2, 0.25) is 0 Å². The van der Waals surface area contributed by atoms with Gasteiger partial charge in [0, 0.05) is 11.7 Å². The Balaban J connectivity index is 1.97. The van der Waals surface area contributed by atoms with Gasteiger partial charge in [-0.2, -0.15) is 0 Å². The molecule has 0 atom stereocenters. The molecular formula is C18H26N2O3. The molecular weight excluding hydrogens is 292 g/mol. The minimum absolute atomic E-state index is 0.0526. The first kappa shape index (κ1) is 17.5. The third-order valence-corrected chi connectivity index (χ3v) is 4.52. The van der Waals surface area contributed by atoms with Crippen LogP contribution in [0, 0.1) is 6.92 Å². The van der Waals surface area contributed by atoms with Crippen molar-refractivity contribution in [3.8, 4) is 0 Å². The number of hydrogen-bond donors (Lipinski definition) is 1. The van der Waals surface area contributed by atoms with Crippen molar-refractivity contribution in [1.29, 1.82) is 0 Å². The Labute approximate surface area is 138 Å². The number of aryl methyl sites for hydroxylation is 1. The van der Waals surface area contributed by atoms with Crippen LogP contribution in [0.25, 0.3) is 0 Å². The van der Waals surface area contributed by atoms with Gasteiger partial charge in [-0.25, -0.2) is 4.79 Å². The number of nitrogens with zero attached hydrogens (tertiary/aromatic N) is 1. The topological polar surface area (TPSA) is 58.6 Å². The van der Waals surface area contributed by atoms with Crippen LogP contribution in [0.3, 0.4) is 0 Å². The van der Waals surface area contributed by atoms with Crippen molar-refractivity contribution in [1.82, 2.24) is 4.90 Å². The second-order valence-electron chi connectivity index (χ2n) is 6.28. The van der Waals surface area contributed by atoms with Crippen molar-refractivity contribution >= 4 is 17.6 Å². The van der Waals surface area contributed by atoms with Crippen molar-refractivity contribution in [3.63, 3.8) is 0 Å². The first-order valence-electron chi connectivity index (χ1n) is 8.20. The lowest BCUT2D eigenvalue weighted by Gasteiger charge is -2.30. The molecule has 0 heterocycles. The van der Waals surface area contributed by atoms with Crippen molar-refractivity contribution in [2.24, 2.45) is 0 Å². The first-order chi connectivity index (χ1) is 11.0. The van der Waals surface area contributed by atoms with Crippen molar-refractivity contribution in [3.05, 3.63) is 29.3 Å². The summed E-state index contributed by atoms with van der Waals surface area (Å²) in [4.78, 5) is 26.0. The second kappa shape index (κ2) is 8.11. The van der Waals surface area contributed by atoms with Crippen LogP contribution < -0.4 is 5.32 Å². The Bertz CT molecular complexity index is 565. The molecule has 1 amide bonds. The number of amides is 1. The number of benzene rings is 1. The maximum atomic E-state index is 12.3. The van der Waals surface area contributed by atoms with E-state index in [1.807, 2.05) is 20.0 Å². The first-order valence-corrected chi connectivity index (χ1v) is 8.20. The molecule has 1 aromatic rings. The zero-order chi connectivity index (χ0) is 16.8. The fourth-order valence-corrected chi connectivity index (χ4v) is 3.07. The van der Waals surface area contributed by atoms with E-state index < -0.39 is 5.97 Å². The molecule has 2 rings (SSSR count). The Kier molecular flexibility index (Phi) is 6.16. The number of ether oxygens (including phenoxy) is 1. The quantitative estimate of drug-likeness (QED) is 0.848. The van der Waals surface area contributed by atoms with Gasteiger partial charge in [0.15, 0.2) is 0 Å². The minimum atomic E-state index is -0.403. The normalized spacial score (nSPS) is 15.5. The predicted octanol–water partition coefficient (Wildman–Crippen LogP) is 2.98. The van der Waals surface area contributed by atoms with E-state index in [0.29, 0.717) is 23.8 Å². The van der Waals surface area contributed by atoms with E-state index in [2.05, 4.69) is 10.2 Å². The molecule has 5 heteroatoms. The van der Waals surface area contributed by atoms with E-state index in [0.717, 1.165) is 5.56 Å². The molecule has 1 saturated carbocycles. The fourth-order valence-electron chi connectivity index (χ4n) is 3.07. The maximum absolute atomic E-state index is 12.3. The smallest absolute Gasteiger partial charge is 0.337 e. The number of methoxy groups -OCH3 is 1. The van der Waals surface area contributed by atoms with Gasteiger partial charge in [0.2, 0.25) is 5.91 Å². The third kappa shape index (κ3) is 4.79. The zero-order valence-electron chi connectivity index (χ0n) is 14.2. The summed E-state index contributed by atoms with van der Waals surface area (Å²) in [5.74, 6) is -0.456. The lowest BCUT2D eigenvalue weighted by atomic mass is 9.94. The number of carbonyl (C=O) groups is 2. The van der Waals surface area contributed by atoms with Gasteiger partial charge in [-0.05, 0) is 44.5 Å². The average Bonchev–Trinajstić information content (AvgIpc) is 2.56. The zero-order valence-corrected chi connectivity index (χ0v) is 14.2. The highest BCUT2D eigenvalue weighted by Crippen LogP contribution is 2.22. The van der Waals surface area contributed by atoms with Crippen molar-refractivity contribution < 1.29 is 14.3 Å². The summed E-state index contributed by atoms with van der Waals surface area (Å²) in [6.45, 7) is 2.27. The van der Waals surface area contributed by atoms with Gasteiger partial charge in [-0.3, -0.25) is 9.69 Å². The van der Waals surface area contributed by atoms with Gasteiger partial charge in [0.25, 0.3) is 0 Å². The van der Waals surface area contributed by atoms with Gasteiger partial charge in [0.05, 0.1) is 19.2 Å². The molecule has 0 aliphatic heterocycles. The largest absolute Gasteiger partial charge is 0.465 e. The molecule has 0 unspecified atom stereocenters. The van der Waals surface area contributed by atoms with E-state index in [-0.39, 0.29) is 5.91 Å². The Morgan fingerprint density at radius 2 is 1.96 bits per heavy atom. The van der Waals surface area contributed by atoms with Crippen LogP contribution in [0.1, 0.15) is 48.0 Å². The number of hydrogen-bond acceptors (Lipinski definition) is 4. The van der Waals surface area contributed by atoms with Crippen LogP contribution in [0.15, 0.2) is 18.2 Å². The number of esters is 1. The minimum Gasteiger partial charge on any atom is -0.465 e. The number of rotatable bonds is 5. The molecule has 5 nitrogen and oxygen atoms in total. The molecule has 1 fully saturated rings. The third-order valence-electron chi connectivity index (χ3n) is 4.52. The van der Waals surface area contributed by atoms with Crippen LogP contribution in [0.4, 0.5) is 5.69 Å². The second-order valence-corrected chi connectivity index (χ2v) is 6.28. The van der Waals surface area contributed by atoms with Crippen LogP contribution >= 0.6 is 0 Å². The number of likely N-dealkylation sites (N-methyl/N-ethyl adjacent to an activating group) is 1. The lowest BCUT2D eigenvalue weighted by Crippen LogP contribution is -2.39. The summed E-state index contributed by atoms with van der Waals surface area (Å²) >= 11 is 0. The Morgan fingerprint density at radius 1 is 1.26 bits per heavy atom. The highest BCUT2D eigenvalue weighted by Gasteiger charge is 2.20. The molecule has 1 aliphatic carbocycles. The summed E-state index contributed by atoms with van der Waals surface area (Å²) in [5, 5.41) is 2.91. The Morgan fingerprint density at radius 3 is 2.61 bits per heavy atom. The average molecular weight is 318 g/mol. The van der Waals surface area contributed by atoms with Gasteiger partial charge in [-0.15, -0.1) is 0 Å². The van der Waals surface area contributed by atoms with E-state index >= 15 is 0 Å². The van der Waals surface area contributed by atoms with Crippen LogP contribution in [-0.4, -0.2) is 43.5 Å². The summed E-state index contributed by atoms with van der Waals surface area (Å²) in [7, 11) is 3.35. The fraction of sp³-hybridized carbons (Fsp3) is 0.556. The number of carbonyl (C=O) groups excluding carboxylic acids is 2. The molecule has 0 bridgehead atoms. The van der Waals surface area contributed by atoms with E-state index in [1.54, 1.807) is 12.1 Å². The molecule has 0 aromatic heterocycles. The van der Waals surface area contributed by atoms with Gasteiger partial charge >= 0.3 is 5.97 Å². The summed E-state index contributed by atoms with van der Waals surface area (Å²) in [6, 6.07) is 5.68. The summed E-state index contributed by atoms with van der Waals surface area (Å²) in [5.41, 5.74) is 2.02. The SMILES string of the molecule is COC(=O)c1ccc(C)c(NC(=O)CN(C)C2CCCCC2)c1. The van der Waals surface area contributed by atoms with E-state index in [9.17, 15) is 9.59 Å². The number of anilines is 1. The van der Waals surface area contributed by atoms with Crippen LogP contribution in [0.5, 0.6) is 0 Å². The highest BCUT2D eigenvalue weighted by atomic mass is 16.5. The molecule has 1 N–H and O–H groups in total. The van der Waals surface area contributed by atoms with E-state index in [1.165, 1.54) is 39.2 Å². The standard InChI is InChI=1S/C18H26N2O3/c1-13-9-10-14(18(22)23-3)11-16(13)19-17(21)12-20(2)15-7-5-4-6-8-15/h9-11,15H,4-8,12H2,1-3H3,(H,19,21). The van der Waals surface area contributed by atoms with Gasteiger partial charge in [-0.1, -0.05) is 25.3 Å². The molecule has 1 aromatic carbocycles.